The Balaban J connectivity index is 0.000000494. The van der Waals surface area contributed by atoms with Crippen molar-refractivity contribution in [1.82, 2.24) is 9.96 Å². The first kappa shape index (κ1) is 17.1. The quantitative estimate of drug-likeness (QED) is 0.690. The second kappa shape index (κ2) is 6.87. The fourth-order valence-corrected chi connectivity index (χ4v) is 1.47. The summed E-state index contributed by atoms with van der Waals surface area (Å²) in [6.07, 6.45) is 1.77. The highest BCUT2D eigenvalue weighted by molar-refractivity contribution is 5.98. The average Bonchev–Trinajstić information content (AvgIpc) is 2.09. The number of Topliss-reactive ketones (excluding diaryl/α,β-unsaturated/α-hetero) is 1. The molecule has 0 bridgehead atoms. The van der Waals surface area contributed by atoms with Gasteiger partial charge in [-0.1, -0.05) is 6.92 Å². The van der Waals surface area contributed by atoms with Crippen molar-refractivity contribution in [2.75, 3.05) is 27.2 Å². The molecule has 1 heterocycles. The second-order valence-corrected chi connectivity index (χ2v) is 5.90. The van der Waals surface area contributed by atoms with Crippen LogP contribution < -0.4 is 0 Å². The van der Waals surface area contributed by atoms with Gasteiger partial charge in [0.1, 0.15) is 0 Å². The summed E-state index contributed by atoms with van der Waals surface area (Å²) in [6, 6.07) is 0. The summed E-state index contributed by atoms with van der Waals surface area (Å²) in [7, 11) is 3.72. The number of hydrogen-bond acceptors (Lipinski definition) is 5. The molecule has 0 aromatic carbocycles. The highest BCUT2D eigenvalue weighted by atomic mass is 16.5. The third kappa shape index (κ3) is 8.22. The van der Waals surface area contributed by atoms with Gasteiger partial charge >= 0.3 is 0 Å². The molecule has 106 valence electrons. The lowest BCUT2D eigenvalue weighted by Crippen LogP contribution is -2.39. The van der Waals surface area contributed by atoms with E-state index in [4.69, 9.17) is 5.11 Å². The summed E-state index contributed by atoms with van der Waals surface area (Å²) < 4.78 is 0. The third-order valence-corrected chi connectivity index (χ3v) is 2.02. The SMILES string of the molecule is CC(C)(C)O.CC1CN(O)C/C(=C\N(C)C)C1=O. The lowest BCUT2D eigenvalue weighted by Gasteiger charge is -2.27. The van der Waals surface area contributed by atoms with Crippen molar-refractivity contribution < 1.29 is 15.1 Å². The van der Waals surface area contributed by atoms with Crippen LogP contribution in [0.15, 0.2) is 11.8 Å². The molecule has 0 spiro atoms. The highest BCUT2D eigenvalue weighted by Crippen LogP contribution is 2.15. The molecule has 0 aliphatic carbocycles. The molecule has 18 heavy (non-hydrogen) atoms. The van der Waals surface area contributed by atoms with Crippen LogP contribution in [0.4, 0.5) is 0 Å². The molecule has 5 nitrogen and oxygen atoms in total. The first-order chi connectivity index (χ1) is 8.00. The first-order valence-corrected chi connectivity index (χ1v) is 6.08. The standard InChI is InChI=1S/C9H16N2O2.C4H10O/c1-7-4-11(13)6-8(9(7)12)5-10(2)3;1-4(2,3)5/h5,7,13H,4,6H2,1-3H3;5H,1-3H3/b8-5+;. The second-order valence-electron chi connectivity index (χ2n) is 5.90. The molecule has 0 saturated carbocycles. The largest absolute Gasteiger partial charge is 0.391 e. The molecule has 0 radical (unpaired) electrons. The van der Waals surface area contributed by atoms with Crippen LogP contribution in [0.25, 0.3) is 0 Å². The van der Waals surface area contributed by atoms with Gasteiger partial charge in [-0.3, -0.25) is 4.79 Å². The van der Waals surface area contributed by atoms with Crippen molar-refractivity contribution in [3.05, 3.63) is 11.8 Å². The van der Waals surface area contributed by atoms with Gasteiger partial charge in [0.05, 0.1) is 12.1 Å². The van der Waals surface area contributed by atoms with Crippen molar-refractivity contribution in [2.24, 2.45) is 5.92 Å². The van der Waals surface area contributed by atoms with E-state index in [0.717, 1.165) is 0 Å². The number of hydroxylamine groups is 2. The zero-order chi connectivity index (χ0) is 14.5. The lowest BCUT2D eigenvalue weighted by molar-refractivity contribution is -0.137. The molecule has 2 N–H and O–H groups in total. The summed E-state index contributed by atoms with van der Waals surface area (Å²) >= 11 is 0. The number of carbonyl (C=O) groups excluding carboxylic acids is 1. The monoisotopic (exact) mass is 258 g/mol. The minimum atomic E-state index is -0.500. The van der Waals surface area contributed by atoms with Gasteiger partial charge in [0.25, 0.3) is 0 Å². The maximum absolute atomic E-state index is 11.6. The van der Waals surface area contributed by atoms with Gasteiger partial charge in [-0.2, -0.15) is 5.06 Å². The molecule has 1 unspecified atom stereocenters. The van der Waals surface area contributed by atoms with Gasteiger partial charge in [-0.25, -0.2) is 0 Å². The Labute approximate surface area is 110 Å². The van der Waals surface area contributed by atoms with E-state index in [1.165, 1.54) is 5.06 Å². The van der Waals surface area contributed by atoms with Crippen molar-refractivity contribution in [2.45, 2.75) is 33.3 Å². The van der Waals surface area contributed by atoms with Crippen LogP contribution >= 0.6 is 0 Å². The molecule has 1 aliphatic heterocycles. The van der Waals surface area contributed by atoms with Crippen LogP contribution in [0.1, 0.15) is 27.7 Å². The molecular weight excluding hydrogens is 232 g/mol. The van der Waals surface area contributed by atoms with Gasteiger partial charge in [-0.05, 0) is 20.8 Å². The van der Waals surface area contributed by atoms with E-state index in [-0.39, 0.29) is 11.7 Å². The fraction of sp³-hybridized carbons (Fsp3) is 0.769. The normalized spacial score (nSPS) is 23.7. The van der Waals surface area contributed by atoms with E-state index in [0.29, 0.717) is 18.7 Å². The Bertz CT molecular complexity index is 300. The van der Waals surface area contributed by atoms with Gasteiger partial charge < -0.3 is 15.2 Å². The molecule has 1 fully saturated rings. The van der Waals surface area contributed by atoms with Crippen LogP contribution in [0.5, 0.6) is 0 Å². The Kier molecular flexibility index (Phi) is 6.52. The van der Waals surface area contributed by atoms with Crippen LogP contribution in [-0.4, -0.2) is 58.8 Å². The van der Waals surface area contributed by atoms with E-state index in [1.54, 1.807) is 27.0 Å². The molecule has 5 heteroatoms. The summed E-state index contributed by atoms with van der Waals surface area (Å²) in [5.74, 6) is 0.0314. The van der Waals surface area contributed by atoms with E-state index in [9.17, 15) is 10.0 Å². The molecule has 1 aliphatic rings. The predicted octanol–water partition coefficient (Wildman–Crippen LogP) is 1.12. The van der Waals surface area contributed by atoms with Gasteiger partial charge in [0, 0.05) is 38.3 Å². The molecule has 1 atom stereocenters. The number of rotatable bonds is 1. The van der Waals surface area contributed by atoms with Crippen molar-refractivity contribution in [3.8, 4) is 0 Å². The number of nitrogens with zero attached hydrogens (tertiary/aromatic N) is 2. The van der Waals surface area contributed by atoms with Gasteiger partial charge in [0.2, 0.25) is 0 Å². The Morgan fingerprint density at radius 3 is 2.22 bits per heavy atom. The summed E-state index contributed by atoms with van der Waals surface area (Å²) in [4.78, 5) is 13.4. The van der Waals surface area contributed by atoms with Crippen molar-refractivity contribution >= 4 is 5.78 Å². The highest BCUT2D eigenvalue weighted by Gasteiger charge is 2.26. The Morgan fingerprint density at radius 1 is 1.39 bits per heavy atom. The third-order valence-electron chi connectivity index (χ3n) is 2.02. The van der Waals surface area contributed by atoms with Crippen LogP contribution in [-0.2, 0) is 4.79 Å². The fourth-order valence-electron chi connectivity index (χ4n) is 1.47. The number of ketones is 1. The van der Waals surface area contributed by atoms with Gasteiger partial charge in [-0.15, -0.1) is 0 Å². The molecular formula is C13H26N2O3. The van der Waals surface area contributed by atoms with Crippen LogP contribution in [0.2, 0.25) is 0 Å². The van der Waals surface area contributed by atoms with Crippen molar-refractivity contribution in [3.63, 3.8) is 0 Å². The van der Waals surface area contributed by atoms with E-state index < -0.39 is 5.60 Å². The lowest BCUT2D eigenvalue weighted by atomic mass is 9.96. The van der Waals surface area contributed by atoms with Crippen molar-refractivity contribution in [1.29, 1.82) is 0 Å². The summed E-state index contributed by atoms with van der Waals surface area (Å²) in [5.41, 5.74) is 0.172. The number of carbonyl (C=O) groups is 1. The summed E-state index contributed by atoms with van der Waals surface area (Å²) in [6.45, 7) is 7.83. The van der Waals surface area contributed by atoms with Crippen LogP contribution in [0, 0.1) is 5.92 Å². The van der Waals surface area contributed by atoms with Gasteiger partial charge in [0.15, 0.2) is 5.78 Å². The maximum Gasteiger partial charge on any atom is 0.165 e. The predicted molar refractivity (Wildman–Crippen MR) is 71.3 cm³/mol. The minimum absolute atomic E-state index is 0.107. The van der Waals surface area contributed by atoms with E-state index in [2.05, 4.69) is 0 Å². The molecule has 0 amide bonds. The Hall–Kier alpha value is -0.910. The molecule has 0 aromatic rings. The average molecular weight is 258 g/mol. The topological polar surface area (TPSA) is 64.0 Å². The minimum Gasteiger partial charge on any atom is -0.391 e. The molecule has 1 saturated heterocycles. The Morgan fingerprint density at radius 2 is 1.83 bits per heavy atom. The zero-order valence-electron chi connectivity index (χ0n) is 12.3. The smallest absolute Gasteiger partial charge is 0.165 e. The maximum atomic E-state index is 11.6. The number of hydrogen-bond donors (Lipinski definition) is 2. The number of piperidine rings is 1. The molecule has 0 aromatic heterocycles. The van der Waals surface area contributed by atoms with E-state index >= 15 is 0 Å². The first-order valence-electron chi connectivity index (χ1n) is 6.08. The number of aliphatic hydroxyl groups is 1. The van der Waals surface area contributed by atoms with Crippen LogP contribution in [0.3, 0.4) is 0 Å². The van der Waals surface area contributed by atoms with E-state index in [1.807, 2.05) is 25.9 Å². The zero-order valence-corrected chi connectivity index (χ0v) is 12.3. The molecule has 1 rings (SSSR count). The summed E-state index contributed by atoms with van der Waals surface area (Å²) in [5, 5.41) is 19.0.